The molecule has 1 N–H and O–H groups in total. The predicted molar refractivity (Wildman–Crippen MR) is 87.4 cm³/mol. The summed E-state index contributed by atoms with van der Waals surface area (Å²) in [6, 6.07) is 9.09. The van der Waals surface area contributed by atoms with Gasteiger partial charge in [-0.05, 0) is 55.2 Å². The molecule has 1 aromatic heterocycles. The highest BCUT2D eigenvalue weighted by Gasteiger charge is 2.56. The second-order valence-corrected chi connectivity index (χ2v) is 6.91. The summed E-state index contributed by atoms with van der Waals surface area (Å²) in [5.41, 5.74) is -0.122. The smallest absolute Gasteiger partial charge is 0.311 e. The fraction of sp³-hybridized carbons (Fsp3) is 0.368. The summed E-state index contributed by atoms with van der Waals surface area (Å²) in [7, 11) is 0. The molecular weight excluding hydrogens is 325 g/mol. The summed E-state index contributed by atoms with van der Waals surface area (Å²) in [5.74, 6) is -0.759. The number of amides is 1. The fourth-order valence-electron chi connectivity index (χ4n) is 4.17. The average molecular weight is 343 g/mol. The van der Waals surface area contributed by atoms with Gasteiger partial charge in [0.2, 0.25) is 0 Å². The maximum absolute atomic E-state index is 13.0. The van der Waals surface area contributed by atoms with Crippen LogP contribution >= 0.6 is 0 Å². The molecule has 1 amide bonds. The van der Waals surface area contributed by atoms with Gasteiger partial charge in [0.15, 0.2) is 5.76 Å². The quantitative estimate of drug-likeness (QED) is 0.927. The maximum atomic E-state index is 13.0. The third kappa shape index (κ3) is 2.52. The molecule has 4 rings (SSSR count). The predicted octanol–water partition coefficient (Wildman–Crippen LogP) is 3.41. The summed E-state index contributed by atoms with van der Waals surface area (Å²) in [6.45, 7) is 0.691. The minimum Gasteiger partial charge on any atom is -0.481 e. The Hall–Kier alpha value is -2.63. The van der Waals surface area contributed by atoms with Crippen LogP contribution in [0.5, 0.6) is 0 Å². The zero-order chi connectivity index (χ0) is 17.6. The molecular formula is C19H18FNO4. The Balaban J connectivity index is 1.55. The van der Waals surface area contributed by atoms with Crippen molar-refractivity contribution in [2.75, 3.05) is 13.1 Å². The number of nitrogens with zero attached hydrogens (tertiary/aromatic N) is 1. The van der Waals surface area contributed by atoms with E-state index in [4.69, 9.17) is 4.42 Å². The molecule has 1 saturated heterocycles. The van der Waals surface area contributed by atoms with E-state index in [0.29, 0.717) is 24.3 Å². The summed E-state index contributed by atoms with van der Waals surface area (Å²) in [4.78, 5) is 26.0. The van der Waals surface area contributed by atoms with Gasteiger partial charge in [-0.3, -0.25) is 9.59 Å². The highest BCUT2D eigenvalue weighted by molar-refractivity contribution is 5.93. The first-order chi connectivity index (χ1) is 12.0. The van der Waals surface area contributed by atoms with E-state index in [0.717, 1.165) is 12.8 Å². The van der Waals surface area contributed by atoms with Crippen LogP contribution in [0, 0.1) is 17.2 Å². The van der Waals surface area contributed by atoms with Crippen LogP contribution in [0.3, 0.4) is 0 Å². The van der Waals surface area contributed by atoms with Crippen molar-refractivity contribution in [3.05, 3.63) is 48.0 Å². The maximum Gasteiger partial charge on any atom is 0.311 e. The van der Waals surface area contributed by atoms with Gasteiger partial charge in [-0.2, -0.15) is 0 Å². The number of carbonyl (C=O) groups is 2. The minimum atomic E-state index is -0.809. The van der Waals surface area contributed by atoms with Gasteiger partial charge in [0.25, 0.3) is 5.91 Å². The third-order valence-corrected chi connectivity index (χ3v) is 5.53. The lowest BCUT2D eigenvalue weighted by atomic mass is 9.81. The Bertz CT molecular complexity index is 828. The Labute approximate surface area is 144 Å². The van der Waals surface area contributed by atoms with Gasteiger partial charge in [0.05, 0.1) is 5.41 Å². The molecule has 0 spiro atoms. The van der Waals surface area contributed by atoms with Crippen molar-refractivity contribution < 1.29 is 23.5 Å². The minimum absolute atomic E-state index is 0.0143. The van der Waals surface area contributed by atoms with Crippen molar-refractivity contribution >= 4 is 11.9 Å². The van der Waals surface area contributed by atoms with Gasteiger partial charge in [-0.25, -0.2) is 4.39 Å². The number of hydrogen-bond donors (Lipinski definition) is 1. The van der Waals surface area contributed by atoms with Crippen molar-refractivity contribution in [3.63, 3.8) is 0 Å². The van der Waals surface area contributed by atoms with Gasteiger partial charge < -0.3 is 14.4 Å². The lowest BCUT2D eigenvalue weighted by molar-refractivity contribution is -0.149. The van der Waals surface area contributed by atoms with E-state index in [1.54, 1.807) is 29.2 Å². The number of carbonyl (C=O) groups excluding carboxylic acids is 1. The van der Waals surface area contributed by atoms with E-state index in [2.05, 4.69) is 0 Å². The number of hydrogen-bond acceptors (Lipinski definition) is 3. The first-order valence-electron chi connectivity index (χ1n) is 8.38. The van der Waals surface area contributed by atoms with E-state index in [9.17, 15) is 19.1 Å². The molecule has 2 fully saturated rings. The molecule has 0 bridgehead atoms. The standard InChI is InChI=1S/C19H18FNO4/c20-14-5-3-12(4-6-14)15-7-8-16(25-15)17(22)21-10-13-2-1-9-19(13,11-21)18(23)24/h3-8,13H,1-2,9-11H2,(H,23,24)/t13-,19+/m0/s1. The zero-order valence-electron chi connectivity index (χ0n) is 13.6. The molecule has 1 aromatic carbocycles. The van der Waals surface area contributed by atoms with Crippen molar-refractivity contribution in [2.24, 2.45) is 11.3 Å². The van der Waals surface area contributed by atoms with Crippen molar-refractivity contribution in [1.29, 1.82) is 0 Å². The number of aliphatic carboxylic acids is 1. The number of carboxylic acids is 1. The SMILES string of the molecule is O=C(c1ccc(-c2ccc(F)cc2)o1)N1C[C@@H]2CCC[C@@]2(C(=O)O)C1. The molecule has 0 radical (unpaired) electrons. The van der Waals surface area contributed by atoms with Crippen LogP contribution in [0.1, 0.15) is 29.8 Å². The van der Waals surface area contributed by atoms with E-state index < -0.39 is 11.4 Å². The Morgan fingerprint density at radius 2 is 1.96 bits per heavy atom. The monoisotopic (exact) mass is 343 g/mol. The van der Waals surface area contributed by atoms with Gasteiger partial charge >= 0.3 is 5.97 Å². The molecule has 6 heteroatoms. The van der Waals surface area contributed by atoms with E-state index in [1.807, 2.05) is 0 Å². The second kappa shape index (κ2) is 5.72. The Morgan fingerprint density at radius 1 is 1.20 bits per heavy atom. The molecule has 130 valence electrons. The first-order valence-corrected chi connectivity index (χ1v) is 8.38. The summed E-state index contributed by atoms with van der Waals surface area (Å²) >= 11 is 0. The number of halogens is 1. The molecule has 2 atom stereocenters. The van der Waals surface area contributed by atoms with Crippen molar-refractivity contribution in [2.45, 2.75) is 19.3 Å². The lowest BCUT2D eigenvalue weighted by Gasteiger charge is -2.22. The summed E-state index contributed by atoms with van der Waals surface area (Å²) in [5, 5.41) is 9.63. The van der Waals surface area contributed by atoms with Crippen molar-refractivity contribution in [1.82, 2.24) is 4.90 Å². The molecule has 1 saturated carbocycles. The van der Waals surface area contributed by atoms with Crippen molar-refractivity contribution in [3.8, 4) is 11.3 Å². The third-order valence-electron chi connectivity index (χ3n) is 5.53. The van der Waals surface area contributed by atoms with E-state index in [-0.39, 0.29) is 29.9 Å². The van der Waals surface area contributed by atoms with Crippen LogP contribution in [0.15, 0.2) is 40.8 Å². The molecule has 2 aliphatic rings. The second-order valence-electron chi connectivity index (χ2n) is 6.91. The van der Waals surface area contributed by atoms with Gasteiger partial charge in [-0.1, -0.05) is 6.42 Å². The van der Waals surface area contributed by atoms with Crippen LogP contribution in [0.4, 0.5) is 4.39 Å². The molecule has 5 nitrogen and oxygen atoms in total. The van der Waals surface area contributed by atoms with Gasteiger partial charge in [0.1, 0.15) is 11.6 Å². The summed E-state index contributed by atoms with van der Waals surface area (Å²) < 4.78 is 18.7. The number of furan rings is 1. The first kappa shape index (κ1) is 15.9. The normalized spacial score (nSPS) is 25.2. The molecule has 0 unspecified atom stereocenters. The Kier molecular flexibility index (Phi) is 3.63. The average Bonchev–Trinajstić information content (AvgIpc) is 3.29. The van der Waals surface area contributed by atoms with E-state index in [1.165, 1.54) is 12.1 Å². The largest absolute Gasteiger partial charge is 0.481 e. The number of fused-ring (bicyclic) bond motifs is 1. The number of carboxylic acid groups (broad SMARTS) is 1. The van der Waals surface area contributed by atoms with Gasteiger partial charge in [-0.15, -0.1) is 0 Å². The molecule has 2 heterocycles. The highest BCUT2D eigenvalue weighted by Crippen LogP contribution is 2.49. The molecule has 1 aliphatic carbocycles. The molecule has 1 aliphatic heterocycles. The van der Waals surface area contributed by atoms with Crippen LogP contribution < -0.4 is 0 Å². The fourth-order valence-corrected chi connectivity index (χ4v) is 4.17. The van der Waals surface area contributed by atoms with E-state index >= 15 is 0 Å². The molecule has 2 aromatic rings. The number of benzene rings is 1. The van der Waals surface area contributed by atoms with Gasteiger partial charge in [0, 0.05) is 18.7 Å². The number of rotatable bonds is 3. The van der Waals surface area contributed by atoms with Crippen LogP contribution in [0.2, 0.25) is 0 Å². The topological polar surface area (TPSA) is 70.8 Å². The lowest BCUT2D eigenvalue weighted by Crippen LogP contribution is -2.37. The zero-order valence-corrected chi connectivity index (χ0v) is 13.6. The van der Waals surface area contributed by atoms with Crippen LogP contribution in [-0.2, 0) is 4.79 Å². The highest BCUT2D eigenvalue weighted by atomic mass is 19.1. The molecule has 25 heavy (non-hydrogen) atoms. The number of likely N-dealkylation sites (tertiary alicyclic amines) is 1. The van der Waals surface area contributed by atoms with Crippen LogP contribution in [-0.4, -0.2) is 35.0 Å². The Morgan fingerprint density at radius 3 is 2.64 bits per heavy atom. The van der Waals surface area contributed by atoms with Crippen LogP contribution in [0.25, 0.3) is 11.3 Å². The summed E-state index contributed by atoms with van der Waals surface area (Å²) in [6.07, 6.45) is 2.36.